The Bertz CT molecular complexity index is 1230. The van der Waals surface area contributed by atoms with Crippen LogP contribution in [0.3, 0.4) is 0 Å². The van der Waals surface area contributed by atoms with Crippen molar-refractivity contribution in [3.05, 3.63) is 93.9 Å². The Balaban J connectivity index is 1.83. The molecule has 0 unspecified atom stereocenters. The van der Waals surface area contributed by atoms with E-state index in [4.69, 9.17) is 9.15 Å². The number of carbonyl (C=O) groups is 1. The molecule has 4 rings (SSSR count). The maximum atomic E-state index is 12.8. The molecule has 3 aromatic heterocycles. The molecule has 0 aliphatic heterocycles. The van der Waals surface area contributed by atoms with E-state index in [-0.39, 0.29) is 17.7 Å². The summed E-state index contributed by atoms with van der Waals surface area (Å²) < 4.78 is 11.0. The maximum Gasteiger partial charge on any atom is 0.291 e. The Labute approximate surface area is 191 Å². The second-order valence-corrected chi connectivity index (χ2v) is 8.67. The molecular weight excluding hydrogens is 422 g/mol. The molecule has 0 spiro atoms. The number of nitrogens with zero attached hydrogens (tertiary/aromatic N) is 1. The first-order valence-electron chi connectivity index (χ1n) is 10.3. The third-order valence-electron chi connectivity index (χ3n) is 5.32. The number of hydrogen-bond donors (Lipinski definition) is 2. The standard InChI is InChI=1S/C25H25N3O3S/c1-15-9-7-13-21(26-15)27-23(18-10-5-6-11-19(18)30-4)22-16(2)17(3)32-25(22)28-24(29)20-12-8-14-31-20/h5-14,23H,1-4H3,(H,26,27)(H,28,29)/t23-/m0/s1. The number of methoxy groups -OCH3 is 1. The van der Waals surface area contributed by atoms with Crippen LogP contribution < -0.4 is 15.4 Å². The molecule has 4 aromatic rings. The number of benzene rings is 1. The van der Waals surface area contributed by atoms with Crippen LogP contribution in [0.2, 0.25) is 0 Å². The van der Waals surface area contributed by atoms with Crippen LogP contribution >= 0.6 is 11.3 Å². The van der Waals surface area contributed by atoms with Gasteiger partial charge in [0.15, 0.2) is 5.76 Å². The number of nitrogens with one attached hydrogen (secondary N) is 2. The Morgan fingerprint density at radius 1 is 1.06 bits per heavy atom. The lowest BCUT2D eigenvalue weighted by Gasteiger charge is -2.24. The number of aromatic nitrogens is 1. The van der Waals surface area contributed by atoms with Gasteiger partial charge in [-0.3, -0.25) is 4.79 Å². The average Bonchev–Trinajstić information content (AvgIpc) is 3.41. The van der Waals surface area contributed by atoms with Crippen molar-refractivity contribution in [2.24, 2.45) is 0 Å². The zero-order valence-electron chi connectivity index (χ0n) is 18.4. The molecule has 0 aliphatic carbocycles. The van der Waals surface area contributed by atoms with Gasteiger partial charge in [0.05, 0.1) is 19.4 Å². The summed E-state index contributed by atoms with van der Waals surface area (Å²) in [6, 6.07) is 16.8. The van der Waals surface area contributed by atoms with Gasteiger partial charge in [-0.2, -0.15) is 0 Å². The van der Waals surface area contributed by atoms with Crippen molar-refractivity contribution in [1.29, 1.82) is 0 Å². The van der Waals surface area contributed by atoms with Crippen LogP contribution in [0, 0.1) is 20.8 Å². The zero-order chi connectivity index (χ0) is 22.7. The molecule has 6 nitrogen and oxygen atoms in total. The van der Waals surface area contributed by atoms with Crippen molar-refractivity contribution in [3.63, 3.8) is 0 Å². The maximum absolute atomic E-state index is 12.8. The molecule has 0 saturated carbocycles. The lowest BCUT2D eigenvalue weighted by Crippen LogP contribution is -2.18. The van der Waals surface area contributed by atoms with E-state index in [0.717, 1.165) is 43.8 Å². The number of thiophene rings is 1. The summed E-state index contributed by atoms with van der Waals surface area (Å²) in [6.45, 7) is 6.08. The third-order valence-corrected chi connectivity index (χ3v) is 6.46. The predicted molar refractivity (Wildman–Crippen MR) is 128 cm³/mol. The summed E-state index contributed by atoms with van der Waals surface area (Å²) in [6.07, 6.45) is 1.49. The quantitative estimate of drug-likeness (QED) is 0.357. The van der Waals surface area contributed by atoms with Gasteiger partial charge in [-0.05, 0) is 56.7 Å². The normalized spacial score (nSPS) is 11.8. The zero-order valence-corrected chi connectivity index (χ0v) is 19.2. The van der Waals surface area contributed by atoms with Crippen molar-refractivity contribution in [3.8, 4) is 5.75 Å². The van der Waals surface area contributed by atoms with Crippen molar-refractivity contribution >= 4 is 28.1 Å². The monoisotopic (exact) mass is 447 g/mol. The number of carbonyl (C=O) groups excluding carboxylic acids is 1. The van der Waals surface area contributed by atoms with Gasteiger partial charge in [-0.15, -0.1) is 11.3 Å². The minimum absolute atomic E-state index is 0.266. The fourth-order valence-corrected chi connectivity index (χ4v) is 4.73. The molecule has 2 N–H and O–H groups in total. The lowest BCUT2D eigenvalue weighted by atomic mass is 9.95. The molecule has 0 bridgehead atoms. The van der Waals surface area contributed by atoms with Gasteiger partial charge >= 0.3 is 0 Å². The highest BCUT2D eigenvalue weighted by atomic mass is 32.1. The van der Waals surface area contributed by atoms with E-state index < -0.39 is 0 Å². The van der Waals surface area contributed by atoms with E-state index in [1.54, 1.807) is 30.6 Å². The summed E-state index contributed by atoms with van der Waals surface area (Å²) >= 11 is 1.54. The molecule has 1 amide bonds. The Hall–Kier alpha value is -3.58. The fourth-order valence-electron chi connectivity index (χ4n) is 3.64. The van der Waals surface area contributed by atoms with Crippen LogP contribution in [-0.4, -0.2) is 18.0 Å². The van der Waals surface area contributed by atoms with Crippen LogP contribution in [0.5, 0.6) is 5.75 Å². The summed E-state index contributed by atoms with van der Waals surface area (Å²) in [5.41, 5.74) is 3.94. The van der Waals surface area contributed by atoms with Gasteiger partial charge in [-0.1, -0.05) is 24.3 Å². The highest BCUT2D eigenvalue weighted by Gasteiger charge is 2.27. The summed E-state index contributed by atoms with van der Waals surface area (Å²) in [5.74, 6) is 1.48. The van der Waals surface area contributed by atoms with E-state index >= 15 is 0 Å². The smallest absolute Gasteiger partial charge is 0.291 e. The summed E-state index contributed by atoms with van der Waals surface area (Å²) in [7, 11) is 1.66. The fraction of sp³-hybridized carbons (Fsp3) is 0.200. The molecule has 7 heteroatoms. The number of amides is 1. The van der Waals surface area contributed by atoms with E-state index in [9.17, 15) is 4.79 Å². The molecule has 1 aromatic carbocycles. The number of pyridine rings is 1. The summed E-state index contributed by atoms with van der Waals surface area (Å²) in [5, 5.41) is 7.38. The number of para-hydroxylation sites is 1. The predicted octanol–water partition coefficient (Wildman–Crippen LogP) is 6.12. The van der Waals surface area contributed by atoms with Gasteiger partial charge in [0.25, 0.3) is 5.91 Å². The van der Waals surface area contributed by atoms with Crippen LogP contribution in [0.1, 0.15) is 43.9 Å². The second-order valence-electron chi connectivity index (χ2n) is 7.44. The molecular formula is C25H25N3O3S. The third kappa shape index (κ3) is 4.38. The molecule has 164 valence electrons. The Kier molecular flexibility index (Phi) is 6.28. The molecule has 1 atom stereocenters. The van der Waals surface area contributed by atoms with Crippen LogP contribution in [0.15, 0.2) is 65.3 Å². The van der Waals surface area contributed by atoms with Crippen molar-refractivity contribution in [2.75, 3.05) is 17.7 Å². The van der Waals surface area contributed by atoms with E-state index in [1.807, 2.05) is 49.4 Å². The first-order valence-corrected chi connectivity index (χ1v) is 11.1. The van der Waals surface area contributed by atoms with Crippen LogP contribution in [0.25, 0.3) is 0 Å². The Morgan fingerprint density at radius 3 is 2.59 bits per heavy atom. The topological polar surface area (TPSA) is 76.4 Å². The SMILES string of the molecule is COc1ccccc1[C@H](Nc1cccc(C)n1)c1c(NC(=O)c2ccco2)sc(C)c1C. The van der Waals surface area contributed by atoms with E-state index in [1.165, 1.54) is 6.26 Å². The molecule has 0 aliphatic rings. The lowest BCUT2D eigenvalue weighted by molar-refractivity contribution is 0.0997. The van der Waals surface area contributed by atoms with E-state index in [0.29, 0.717) is 0 Å². The second kappa shape index (κ2) is 9.28. The molecule has 32 heavy (non-hydrogen) atoms. The molecule has 0 fully saturated rings. The number of ether oxygens (including phenoxy) is 1. The number of hydrogen-bond acceptors (Lipinski definition) is 6. The molecule has 0 saturated heterocycles. The number of aryl methyl sites for hydroxylation is 2. The number of anilines is 2. The highest BCUT2D eigenvalue weighted by molar-refractivity contribution is 7.16. The minimum atomic E-state index is -0.294. The van der Waals surface area contributed by atoms with Crippen LogP contribution in [-0.2, 0) is 0 Å². The van der Waals surface area contributed by atoms with Crippen LogP contribution in [0.4, 0.5) is 10.8 Å². The average molecular weight is 448 g/mol. The largest absolute Gasteiger partial charge is 0.496 e. The van der Waals surface area contributed by atoms with Gasteiger partial charge in [0.2, 0.25) is 0 Å². The summed E-state index contributed by atoms with van der Waals surface area (Å²) in [4.78, 5) is 18.5. The first kappa shape index (κ1) is 21.6. The number of rotatable bonds is 7. The first-order chi connectivity index (χ1) is 15.5. The van der Waals surface area contributed by atoms with Gasteiger partial charge < -0.3 is 19.8 Å². The van der Waals surface area contributed by atoms with Gasteiger partial charge in [-0.25, -0.2) is 4.98 Å². The minimum Gasteiger partial charge on any atom is -0.496 e. The van der Waals surface area contributed by atoms with E-state index in [2.05, 4.69) is 29.5 Å². The van der Waals surface area contributed by atoms with Crippen molar-refractivity contribution in [1.82, 2.24) is 4.98 Å². The van der Waals surface area contributed by atoms with Crippen molar-refractivity contribution in [2.45, 2.75) is 26.8 Å². The molecule has 3 heterocycles. The number of furan rings is 1. The highest BCUT2D eigenvalue weighted by Crippen LogP contribution is 2.43. The van der Waals surface area contributed by atoms with Gasteiger partial charge in [0, 0.05) is 21.7 Å². The van der Waals surface area contributed by atoms with Crippen molar-refractivity contribution < 1.29 is 13.9 Å². The Morgan fingerprint density at radius 2 is 1.88 bits per heavy atom. The molecule has 0 radical (unpaired) electrons. The van der Waals surface area contributed by atoms with Gasteiger partial charge in [0.1, 0.15) is 16.6 Å².